The summed E-state index contributed by atoms with van der Waals surface area (Å²) in [6.45, 7) is 3.31. The number of nitrogens with zero attached hydrogens (tertiary/aromatic N) is 1. The van der Waals surface area contributed by atoms with E-state index in [2.05, 4.69) is 5.32 Å². The summed E-state index contributed by atoms with van der Waals surface area (Å²) in [5, 5.41) is 16.4. The van der Waals surface area contributed by atoms with Crippen molar-refractivity contribution < 1.29 is 9.90 Å². The van der Waals surface area contributed by atoms with E-state index in [9.17, 15) is 4.79 Å². The lowest BCUT2D eigenvalue weighted by molar-refractivity contribution is 0.0966. The maximum Gasteiger partial charge on any atom is 0.407 e. The second kappa shape index (κ2) is 4.20. The van der Waals surface area contributed by atoms with Crippen molar-refractivity contribution in [3.8, 4) is 0 Å². The van der Waals surface area contributed by atoms with Gasteiger partial charge in [-0.05, 0) is 29.3 Å². The fraction of sp³-hybridized carbons (Fsp3) is 0.500. The molecule has 2 N–H and O–H groups in total. The molecule has 1 aliphatic rings. The summed E-state index contributed by atoms with van der Waals surface area (Å²) in [6, 6.07) is 2.11. The van der Waals surface area contributed by atoms with Crippen LogP contribution in [0.2, 0.25) is 0 Å². The zero-order chi connectivity index (χ0) is 10.8. The van der Waals surface area contributed by atoms with Crippen LogP contribution in [0.15, 0.2) is 16.8 Å². The van der Waals surface area contributed by atoms with Gasteiger partial charge in [-0.2, -0.15) is 11.3 Å². The Bertz CT molecular complexity index is 339. The van der Waals surface area contributed by atoms with Crippen LogP contribution in [0, 0.1) is 0 Å². The van der Waals surface area contributed by atoms with Crippen LogP contribution in [0.5, 0.6) is 0 Å². The lowest BCUT2D eigenvalue weighted by atomic mass is 10.00. The molecule has 0 bridgehead atoms. The minimum Gasteiger partial charge on any atom is -0.465 e. The van der Waals surface area contributed by atoms with E-state index in [1.807, 2.05) is 23.8 Å². The van der Waals surface area contributed by atoms with Gasteiger partial charge >= 0.3 is 6.09 Å². The van der Waals surface area contributed by atoms with E-state index in [0.717, 1.165) is 12.1 Å². The van der Waals surface area contributed by atoms with Crippen molar-refractivity contribution in [3.05, 3.63) is 22.4 Å². The van der Waals surface area contributed by atoms with Crippen molar-refractivity contribution in [3.63, 3.8) is 0 Å². The minimum atomic E-state index is -0.834. The molecule has 1 aromatic heterocycles. The third-order valence-electron chi connectivity index (χ3n) is 2.76. The van der Waals surface area contributed by atoms with Gasteiger partial charge in [0.05, 0.1) is 6.04 Å². The average molecular weight is 226 g/mol. The van der Waals surface area contributed by atoms with E-state index >= 15 is 0 Å². The van der Waals surface area contributed by atoms with Gasteiger partial charge in [0.1, 0.15) is 0 Å². The molecule has 0 radical (unpaired) electrons. The van der Waals surface area contributed by atoms with E-state index in [-0.39, 0.29) is 12.1 Å². The van der Waals surface area contributed by atoms with E-state index in [0.29, 0.717) is 6.54 Å². The van der Waals surface area contributed by atoms with Crippen LogP contribution in [-0.4, -0.2) is 35.2 Å². The van der Waals surface area contributed by atoms with Gasteiger partial charge in [-0.25, -0.2) is 4.79 Å². The third-order valence-corrected chi connectivity index (χ3v) is 3.46. The highest BCUT2D eigenvalue weighted by Gasteiger charge is 2.32. The number of carbonyl (C=O) groups is 1. The predicted molar refractivity (Wildman–Crippen MR) is 59.3 cm³/mol. The Morgan fingerprint density at radius 3 is 3.13 bits per heavy atom. The summed E-state index contributed by atoms with van der Waals surface area (Å²) in [5.41, 5.74) is 1.09. The Labute approximate surface area is 92.5 Å². The molecule has 2 heterocycles. The molecule has 82 valence electrons. The van der Waals surface area contributed by atoms with Gasteiger partial charge in [-0.1, -0.05) is 0 Å². The first-order valence-electron chi connectivity index (χ1n) is 4.95. The molecule has 0 spiro atoms. The van der Waals surface area contributed by atoms with Crippen molar-refractivity contribution in [1.29, 1.82) is 0 Å². The summed E-state index contributed by atoms with van der Waals surface area (Å²) in [7, 11) is 0. The number of hydrogen-bond donors (Lipinski definition) is 2. The van der Waals surface area contributed by atoms with Crippen LogP contribution >= 0.6 is 11.3 Å². The molecule has 2 atom stereocenters. The van der Waals surface area contributed by atoms with Gasteiger partial charge in [0.25, 0.3) is 0 Å². The van der Waals surface area contributed by atoms with Crippen LogP contribution in [0.25, 0.3) is 0 Å². The quantitative estimate of drug-likeness (QED) is 0.767. The topological polar surface area (TPSA) is 52.6 Å². The van der Waals surface area contributed by atoms with Crippen molar-refractivity contribution in [2.75, 3.05) is 13.1 Å². The van der Waals surface area contributed by atoms with Crippen molar-refractivity contribution >= 4 is 17.4 Å². The third kappa shape index (κ3) is 1.98. The average Bonchev–Trinajstić information content (AvgIpc) is 2.70. The highest BCUT2D eigenvalue weighted by Crippen LogP contribution is 2.28. The van der Waals surface area contributed by atoms with E-state index in [1.54, 1.807) is 11.3 Å². The summed E-state index contributed by atoms with van der Waals surface area (Å²) in [4.78, 5) is 12.6. The molecule has 1 saturated heterocycles. The second-order valence-corrected chi connectivity index (χ2v) is 4.50. The van der Waals surface area contributed by atoms with Crippen LogP contribution in [0.4, 0.5) is 4.79 Å². The molecule has 5 heteroatoms. The fourth-order valence-electron chi connectivity index (χ4n) is 2.06. The maximum atomic E-state index is 11.1. The molecule has 1 aliphatic heterocycles. The van der Waals surface area contributed by atoms with Crippen molar-refractivity contribution in [2.24, 2.45) is 0 Å². The highest BCUT2D eigenvalue weighted by molar-refractivity contribution is 7.07. The molecule has 2 rings (SSSR count). The van der Waals surface area contributed by atoms with Gasteiger partial charge in [-0.15, -0.1) is 0 Å². The summed E-state index contributed by atoms with van der Waals surface area (Å²) >= 11 is 1.60. The first kappa shape index (κ1) is 10.4. The molecule has 15 heavy (non-hydrogen) atoms. The molecule has 0 aromatic carbocycles. The van der Waals surface area contributed by atoms with Gasteiger partial charge in [0.2, 0.25) is 0 Å². The van der Waals surface area contributed by atoms with Gasteiger partial charge in [0.15, 0.2) is 0 Å². The van der Waals surface area contributed by atoms with Gasteiger partial charge < -0.3 is 10.4 Å². The number of nitrogens with one attached hydrogen (secondary N) is 1. The minimum absolute atomic E-state index is 0.0532. The molecule has 1 amide bonds. The van der Waals surface area contributed by atoms with E-state index < -0.39 is 6.09 Å². The standard InChI is InChI=1S/C10H14N2O2S/c1-7-9(8-2-5-15-6-8)12(10(13)14)4-3-11-7/h2,5-7,9,11H,3-4H2,1H3,(H,13,14). The summed E-state index contributed by atoms with van der Waals surface area (Å²) < 4.78 is 0. The number of rotatable bonds is 1. The van der Waals surface area contributed by atoms with Crippen LogP contribution in [0.3, 0.4) is 0 Å². The van der Waals surface area contributed by atoms with Gasteiger partial charge in [0, 0.05) is 19.1 Å². The van der Waals surface area contributed by atoms with Crippen LogP contribution in [-0.2, 0) is 0 Å². The Morgan fingerprint density at radius 1 is 1.73 bits per heavy atom. The predicted octanol–water partition coefficient (Wildman–Crippen LogP) is 1.76. The Kier molecular flexibility index (Phi) is 2.93. The largest absolute Gasteiger partial charge is 0.465 e. The lowest BCUT2D eigenvalue weighted by Gasteiger charge is -2.38. The Morgan fingerprint density at radius 2 is 2.53 bits per heavy atom. The normalized spacial score (nSPS) is 26.6. The summed E-state index contributed by atoms with van der Waals surface area (Å²) in [5.74, 6) is 0. The van der Waals surface area contributed by atoms with Crippen LogP contribution < -0.4 is 5.32 Å². The fourth-order valence-corrected chi connectivity index (χ4v) is 2.75. The lowest BCUT2D eigenvalue weighted by Crippen LogP contribution is -2.53. The smallest absolute Gasteiger partial charge is 0.407 e. The molecule has 0 saturated carbocycles. The number of amides is 1. The summed E-state index contributed by atoms with van der Waals surface area (Å²) in [6.07, 6.45) is -0.834. The first-order chi connectivity index (χ1) is 7.20. The second-order valence-electron chi connectivity index (χ2n) is 3.72. The molecule has 1 aromatic rings. The molecular weight excluding hydrogens is 212 g/mol. The first-order valence-corrected chi connectivity index (χ1v) is 5.89. The zero-order valence-electron chi connectivity index (χ0n) is 8.51. The monoisotopic (exact) mass is 226 g/mol. The number of hydrogen-bond acceptors (Lipinski definition) is 3. The van der Waals surface area contributed by atoms with Crippen molar-refractivity contribution in [1.82, 2.24) is 10.2 Å². The van der Waals surface area contributed by atoms with Crippen LogP contribution in [0.1, 0.15) is 18.5 Å². The molecule has 0 aliphatic carbocycles. The van der Waals surface area contributed by atoms with E-state index in [1.165, 1.54) is 4.90 Å². The number of thiophene rings is 1. The highest BCUT2D eigenvalue weighted by atomic mass is 32.1. The number of piperazine rings is 1. The van der Waals surface area contributed by atoms with Gasteiger partial charge in [-0.3, -0.25) is 4.90 Å². The maximum absolute atomic E-state index is 11.1. The number of carboxylic acid groups (broad SMARTS) is 1. The molecular formula is C10H14N2O2S. The Balaban J connectivity index is 2.26. The molecule has 2 unspecified atom stereocenters. The molecule has 4 nitrogen and oxygen atoms in total. The zero-order valence-corrected chi connectivity index (χ0v) is 9.33. The molecule has 1 fully saturated rings. The SMILES string of the molecule is CC1NCCN(C(=O)O)C1c1ccsc1. The van der Waals surface area contributed by atoms with E-state index in [4.69, 9.17) is 5.11 Å². The van der Waals surface area contributed by atoms with Crippen molar-refractivity contribution in [2.45, 2.75) is 19.0 Å². The Hall–Kier alpha value is -1.07.